The van der Waals surface area contributed by atoms with E-state index < -0.39 is 0 Å². The summed E-state index contributed by atoms with van der Waals surface area (Å²) in [5.41, 5.74) is 0.490. The fraction of sp³-hybridized carbons (Fsp3) is 0. The SMILES string of the molecule is N#CC1=CN=C=NC=C1. The first-order valence-corrected chi connectivity index (χ1v) is 2.35. The summed E-state index contributed by atoms with van der Waals surface area (Å²) in [5, 5.41) is 8.32. The summed E-state index contributed by atoms with van der Waals surface area (Å²) in [6.45, 7) is 0. The third-order valence-electron chi connectivity index (χ3n) is 0.777. The average molecular weight is 117 g/mol. The molecule has 9 heavy (non-hydrogen) atoms. The molecule has 0 saturated carbocycles. The van der Waals surface area contributed by atoms with Crippen LogP contribution < -0.4 is 0 Å². The first-order chi connectivity index (χ1) is 4.43. The first-order valence-electron chi connectivity index (χ1n) is 2.35. The zero-order valence-corrected chi connectivity index (χ0v) is 4.57. The zero-order valence-electron chi connectivity index (χ0n) is 4.57. The van der Waals surface area contributed by atoms with Crippen LogP contribution in [0.2, 0.25) is 0 Å². The molecule has 0 saturated heterocycles. The quantitative estimate of drug-likeness (QED) is 0.468. The second kappa shape index (κ2) is 2.61. The van der Waals surface area contributed by atoms with Crippen molar-refractivity contribution in [2.45, 2.75) is 0 Å². The van der Waals surface area contributed by atoms with Gasteiger partial charge >= 0.3 is 0 Å². The van der Waals surface area contributed by atoms with Crippen LogP contribution in [0.5, 0.6) is 0 Å². The van der Waals surface area contributed by atoms with Crippen molar-refractivity contribution in [3.05, 3.63) is 24.0 Å². The summed E-state index contributed by atoms with van der Waals surface area (Å²) < 4.78 is 0. The van der Waals surface area contributed by atoms with Gasteiger partial charge in [-0.2, -0.15) is 15.2 Å². The molecular weight excluding hydrogens is 114 g/mol. The molecule has 42 valence electrons. The van der Waals surface area contributed by atoms with Gasteiger partial charge in [0.25, 0.3) is 0 Å². The Morgan fingerprint density at radius 3 is 3.22 bits per heavy atom. The summed E-state index contributed by atoms with van der Waals surface area (Å²) in [4.78, 5) is 7.13. The second-order valence-corrected chi connectivity index (χ2v) is 1.37. The molecule has 1 rings (SSSR count). The molecule has 0 aromatic heterocycles. The minimum absolute atomic E-state index is 0.490. The minimum atomic E-state index is 0.490. The number of nitrogens with zero attached hydrogens (tertiary/aromatic N) is 3. The number of hydrogen-bond acceptors (Lipinski definition) is 3. The number of allylic oxidation sites excluding steroid dienone is 2. The highest BCUT2D eigenvalue weighted by Crippen LogP contribution is 1.96. The molecule has 0 unspecified atom stereocenters. The van der Waals surface area contributed by atoms with Gasteiger partial charge in [0.15, 0.2) is 0 Å². The largest absolute Gasteiger partial charge is 0.195 e. The highest BCUT2D eigenvalue weighted by molar-refractivity contribution is 5.48. The van der Waals surface area contributed by atoms with Gasteiger partial charge in [-0.15, -0.1) is 0 Å². The molecule has 3 heteroatoms. The van der Waals surface area contributed by atoms with Crippen molar-refractivity contribution in [3.8, 4) is 6.07 Å². The smallest absolute Gasteiger partial charge is 0.101 e. The van der Waals surface area contributed by atoms with E-state index in [-0.39, 0.29) is 0 Å². The van der Waals surface area contributed by atoms with Crippen LogP contribution in [-0.4, -0.2) is 6.01 Å². The summed E-state index contributed by atoms with van der Waals surface area (Å²) >= 11 is 0. The third kappa shape index (κ3) is 1.37. The molecular formula is C6H3N3. The Kier molecular flexibility index (Phi) is 1.59. The lowest BCUT2D eigenvalue weighted by Gasteiger charge is -1.75. The molecule has 0 spiro atoms. The van der Waals surface area contributed by atoms with Crippen molar-refractivity contribution < 1.29 is 0 Å². The predicted octanol–water partition coefficient (Wildman–Crippen LogP) is 1.10. The fourth-order valence-electron chi connectivity index (χ4n) is 0.392. The lowest BCUT2D eigenvalue weighted by atomic mass is 10.3. The molecule has 3 nitrogen and oxygen atoms in total. The van der Waals surface area contributed by atoms with E-state index in [4.69, 9.17) is 5.26 Å². The van der Waals surface area contributed by atoms with Crippen LogP contribution in [0.4, 0.5) is 0 Å². The van der Waals surface area contributed by atoms with Gasteiger partial charge in [0.1, 0.15) is 6.07 Å². The van der Waals surface area contributed by atoms with Crippen molar-refractivity contribution in [1.82, 2.24) is 0 Å². The molecule has 1 heterocycles. The third-order valence-corrected chi connectivity index (χ3v) is 0.777. The van der Waals surface area contributed by atoms with Crippen molar-refractivity contribution >= 4 is 6.01 Å². The van der Waals surface area contributed by atoms with E-state index in [1.54, 1.807) is 6.08 Å². The van der Waals surface area contributed by atoms with E-state index in [2.05, 4.69) is 16.0 Å². The summed E-state index contributed by atoms with van der Waals surface area (Å²) in [6, 6.07) is 4.27. The van der Waals surface area contributed by atoms with Gasteiger partial charge in [-0.3, -0.25) is 0 Å². The van der Waals surface area contributed by atoms with Gasteiger partial charge in [-0.25, -0.2) is 0 Å². The Morgan fingerprint density at radius 2 is 2.44 bits per heavy atom. The number of aliphatic imine (C=N–C) groups is 2. The summed E-state index contributed by atoms with van der Waals surface area (Å²) in [5.74, 6) is 0. The Balaban J connectivity index is 2.95. The molecule has 0 fully saturated rings. The monoisotopic (exact) mass is 117 g/mol. The summed E-state index contributed by atoms with van der Waals surface area (Å²) in [7, 11) is 0. The van der Waals surface area contributed by atoms with E-state index in [1.165, 1.54) is 12.4 Å². The maximum atomic E-state index is 8.32. The van der Waals surface area contributed by atoms with Crippen LogP contribution in [0.25, 0.3) is 0 Å². The van der Waals surface area contributed by atoms with Gasteiger partial charge in [0, 0.05) is 6.20 Å². The van der Waals surface area contributed by atoms with Crippen LogP contribution in [0, 0.1) is 11.3 Å². The van der Waals surface area contributed by atoms with Crippen LogP contribution >= 0.6 is 0 Å². The topological polar surface area (TPSA) is 48.5 Å². The Hall–Kier alpha value is -1.65. The Morgan fingerprint density at radius 1 is 1.56 bits per heavy atom. The normalized spacial score (nSPS) is 14.3. The zero-order chi connectivity index (χ0) is 6.53. The van der Waals surface area contributed by atoms with E-state index in [0.29, 0.717) is 5.57 Å². The van der Waals surface area contributed by atoms with Gasteiger partial charge < -0.3 is 0 Å². The molecule has 0 aliphatic carbocycles. The Labute approximate surface area is 52.4 Å². The van der Waals surface area contributed by atoms with Crippen LogP contribution in [0.1, 0.15) is 0 Å². The molecule has 0 atom stereocenters. The van der Waals surface area contributed by atoms with E-state index >= 15 is 0 Å². The van der Waals surface area contributed by atoms with Gasteiger partial charge in [-0.1, -0.05) is 0 Å². The van der Waals surface area contributed by atoms with Gasteiger partial charge in [0.2, 0.25) is 0 Å². The molecule has 0 N–H and O–H groups in total. The minimum Gasteiger partial charge on any atom is -0.195 e. The standard InChI is InChI=1S/C6H3N3/c7-3-6-1-2-8-5-9-4-6/h1-2,4H. The second-order valence-electron chi connectivity index (χ2n) is 1.37. The highest BCUT2D eigenvalue weighted by atomic mass is 14.8. The fourth-order valence-corrected chi connectivity index (χ4v) is 0.392. The van der Waals surface area contributed by atoms with Crippen molar-refractivity contribution in [3.63, 3.8) is 0 Å². The van der Waals surface area contributed by atoms with Crippen LogP contribution in [0.3, 0.4) is 0 Å². The molecule has 0 bridgehead atoms. The maximum absolute atomic E-state index is 8.32. The number of nitriles is 1. The number of hydrogen-bond donors (Lipinski definition) is 0. The number of rotatable bonds is 0. The van der Waals surface area contributed by atoms with Crippen molar-refractivity contribution in [2.24, 2.45) is 9.98 Å². The van der Waals surface area contributed by atoms with E-state index in [1.807, 2.05) is 6.07 Å². The van der Waals surface area contributed by atoms with E-state index in [9.17, 15) is 0 Å². The molecule has 1 aliphatic heterocycles. The van der Waals surface area contributed by atoms with E-state index in [0.717, 1.165) is 0 Å². The molecule has 0 amide bonds. The maximum Gasteiger partial charge on any atom is 0.101 e. The Bertz CT molecular complexity index is 259. The average Bonchev–Trinajstić information content (AvgIpc) is 2.13. The van der Waals surface area contributed by atoms with Crippen molar-refractivity contribution in [1.29, 1.82) is 5.26 Å². The lowest BCUT2D eigenvalue weighted by molar-refractivity contribution is 1.47. The molecule has 1 aliphatic rings. The molecule has 0 aromatic rings. The summed E-state index contributed by atoms with van der Waals surface area (Å²) in [6.07, 6.45) is 4.46. The lowest BCUT2D eigenvalue weighted by Crippen LogP contribution is -1.65. The van der Waals surface area contributed by atoms with Crippen molar-refractivity contribution in [2.75, 3.05) is 0 Å². The highest BCUT2D eigenvalue weighted by Gasteiger charge is 1.85. The molecule has 0 aromatic carbocycles. The van der Waals surface area contributed by atoms with Crippen LogP contribution in [0.15, 0.2) is 34.0 Å². The first kappa shape index (κ1) is 5.49. The van der Waals surface area contributed by atoms with Gasteiger partial charge in [-0.05, 0) is 6.08 Å². The molecule has 0 radical (unpaired) electrons. The van der Waals surface area contributed by atoms with Crippen LogP contribution in [-0.2, 0) is 0 Å². The predicted molar refractivity (Wildman–Crippen MR) is 32.7 cm³/mol. The van der Waals surface area contributed by atoms with Gasteiger partial charge in [0.05, 0.1) is 17.8 Å².